The average molecular weight is 684 g/mol. The van der Waals surface area contributed by atoms with Crippen LogP contribution >= 0.6 is 27.5 Å². The van der Waals surface area contributed by atoms with Crippen molar-refractivity contribution >= 4 is 67.7 Å². The number of esters is 1. The zero-order chi connectivity index (χ0) is 31.6. The predicted molar refractivity (Wildman–Crippen MR) is 175 cm³/mol. The van der Waals surface area contributed by atoms with Crippen LogP contribution in [0.4, 0.5) is 5.69 Å². The van der Waals surface area contributed by atoms with Gasteiger partial charge in [0.25, 0.3) is 0 Å². The number of aryl methyl sites for hydroxylation is 1. The number of aromatic nitrogens is 1. The minimum Gasteiger partial charge on any atom is -0.450 e. The summed E-state index contributed by atoms with van der Waals surface area (Å²) in [4.78, 5) is 59.8. The van der Waals surface area contributed by atoms with Crippen LogP contribution in [0.1, 0.15) is 46.0 Å². The fraction of sp³-hybridized carbons (Fsp3) is 0.250. The van der Waals surface area contributed by atoms with E-state index in [0.29, 0.717) is 54.9 Å². The van der Waals surface area contributed by atoms with Crippen LogP contribution in [0, 0.1) is 30.6 Å². The summed E-state index contributed by atoms with van der Waals surface area (Å²) in [6.07, 6.45) is 4.36. The lowest BCUT2D eigenvalue weighted by atomic mass is 9.85. The van der Waals surface area contributed by atoms with E-state index in [4.69, 9.17) is 21.3 Å². The first-order valence-corrected chi connectivity index (χ1v) is 16.1. The summed E-state index contributed by atoms with van der Waals surface area (Å²) in [5.74, 6) is -1.53. The van der Waals surface area contributed by atoms with E-state index in [1.54, 1.807) is 67.6 Å². The Bertz CT molecular complexity index is 1910. The molecule has 0 N–H and O–H groups in total. The Balaban J connectivity index is 1.24. The lowest BCUT2D eigenvalue weighted by Crippen LogP contribution is -2.32. The van der Waals surface area contributed by atoms with Gasteiger partial charge in [0.15, 0.2) is 6.10 Å². The van der Waals surface area contributed by atoms with Gasteiger partial charge in [-0.05, 0) is 77.4 Å². The number of hydrogen-bond acceptors (Lipinski definition) is 6. The van der Waals surface area contributed by atoms with Gasteiger partial charge in [-0.25, -0.2) is 9.78 Å². The lowest BCUT2D eigenvalue weighted by Gasteiger charge is -2.18. The van der Waals surface area contributed by atoms with E-state index in [2.05, 4.69) is 28.1 Å². The smallest absolute Gasteiger partial charge is 0.339 e. The number of halogens is 2. The minimum atomic E-state index is -0.969. The number of amides is 2. The van der Waals surface area contributed by atoms with E-state index in [-0.39, 0.29) is 46.8 Å². The molecular formula is C36H28BrClN2O5. The van der Waals surface area contributed by atoms with E-state index < -0.39 is 12.1 Å². The number of allylic oxidation sites excluding steroid dienone is 2. The van der Waals surface area contributed by atoms with E-state index in [1.807, 2.05) is 13.0 Å². The summed E-state index contributed by atoms with van der Waals surface area (Å²) in [5, 5.41) is 0.992. The zero-order valence-corrected chi connectivity index (χ0v) is 26.8. The van der Waals surface area contributed by atoms with Crippen LogP contribution in [-0.4, -0.2) is 34.7 Å². The van der Waals surface area contributed by atoms with Crippen molar-refractivity contribution in [1.29, 1.82) is 0 Å². The Morgan fingerprint density at radius 1 is 1.00 bits per heavy atom. The summed E-state index contributed by atoms with van der Waals surface area (Å²) >= 11 is 10.0. The van der Waals surface area contributed by atoms with Crippen LogP contribution in [0.2, 0.25) is 5.02 Å². The molecule has 1 saturated heterocycles. The number of nitrogens with zero attached hydrogens (tertiary/aromatic N) is 2. The van der Waals surface area contributed by atoms with Crippen molar-refractivity contribution in [2.45, 2.75) is 32.8 Å². The van der Waals surface area contributed by atoms with Crippen LogP contribution < -0.4 is 4.90 Å². The monoisotopic (exact) mass is 682 g/mol. The molecular weight excluding hydrogens is 656 g/mol. The Labute approximate surface area is 273 Å². The topological polar surface area (TPSA) is 93.6 Å². The van der Waals surface area contributed by atoms with E-state index in [9.17, 15) is 19.2 Å². The summed E-state index contributed by atoms with van der Waals surface area (Å²) in [6, 6.07) is 19.1. The van der Waals surface area contributed by atoms with E-state index in [1.165, 1.54) is 4.90 Å². The maximum atomic E-state index is 13.8. The number of ketones is 1. The largest absolute Gasteiger partial charge is 0.450 e. The Morgan fingerprint density at radius 3 is 2.27 bits per heavy atom. The molecule has 3 aromatic carbocycles. The molecule has 4 aromatic rings. The highest BCUT2D eigenvalue weighted by atomic mass is 79.9. The second-order valence-electron chi connectivity index (χ2n) is 11.8. The van der Waals surface area contributed by atoms with Crippen molar-refractivity contribution in [1.82, 2.24) is 4.98 Å². The van der Waals surface area contributed by atoms with Crippen molar-refractivity contribution in [3.05, 3.63) is 105 Å². The van der Waals surface area contributed by atoms with Crippen molar-refractivity contribution in [3.63, 3.8) is 0 Å². The molecule has 5 unspecified atom stereocenters. The maximum Gasteiger partial charge on any atom is 0.339 e. The normalized spacial score (nSPS) is 22.3. The molecule has 1 saturated carbocycles. The van der Waals surface area contributed by atoms with Gasteiger partial charge >= 0.3 is 5.97 Å². The molecule has 45 heavy (non-hydrogen) atoms. The number of pyridine rings is 1. The molecule has 0 radical (unpaired) electrons. The van der Waals surface area contributed by atoms with Gasteiger partial charge in [-0.3, -0.25) is 19.3 Å². The first-order valence-electron chi connectivity index (χ1n) is 14.9. The molecule has 2 bridgehead atoms. The van der Waals surface area contributed by atoms with Gasteiger partial charge in [0.1, 0.15) is 0 Å². The third-order valence-electron chi connectivity index (χ3n) is 9.31. The SMILES string of the molecule is CCC(OC(=O)c1cc(-c2ccc(N3C(=O)C4C5C=CC(C5)C4C3=O)cc2)nc2c(C)c(Cl)c(Br)cc12)C(=O)c1ccccc1. The molecule has 1 aliphatic heterocycles. The van der Waals surface area contributed by atoms with Gasteiger partial charge in [-0.15, -0.1) is 0 Å². The number of carbonyl (C=O) groups is 4. The number of ether oxygens (including phenoxy) is 1. The Morgan fingerprint density at radius 2 is 1.64 bits per heavy atom. The van der Waals surface area contributed by atoms with Crippen molar-refractivity contribution < 1.29 is 23.9 Å². The molecule has 2 amide bonds. The van der Waals surface area contributed by atoms with Crippen LogP contribution in [0.15, 0.2) is 83.4 Å². The molecule has 2 fully saturated rings. The lowest BCUT2D eigenvalue weighted by molar-refractivity contribution is -0.123. The van der Waals surface area contributed by atoms with Crippen molar-refractivity contribution in [2.24, 2.45) is 23.7 Å². The van der Waals surface area contributed by atoms with Crippen molar-refractivity contribution in [2.75, 3.05) is 4.90 Å². The molecule has 0 spiro atoms. The van der Waals surface area contributed by atoms with Gasteiger partial charge in [0, 0.05) is 21.0 Å². The second-order valence-corrected chi connectivity index (χ2v) is 13.1. The van der Waals surface area contributed by atoms with Gasteiger partial charge in [0.2, 0.25) is 17.6 Å². The molecule has 5 atom stereocenters. The van der Waals surface area contributed by atoms with Crippen LogP contribution in [0.25, 0.3) is 22.2 Å². The zero-order valence-electron chi connectivity index (χ0n) is 24.5. The highest BCUT2D eigenvalue weighted by Gasteiger charge is 2.59. The highest BCUT2D eigenvalue weighted by molar-refractivity contribution is 9.10. The van der Waals surface area contributed by atoms with Crippen LogP contribution in [0.5, 0.6) is 0 Å². The molecule has 2 aliphatic carbocycles. The quantitative estimate of drug-likeness (QED) is 0.0856. The number of imide groups is 1. The number of benzene rings is 3. The Hall–Kier alpha value is -4.14. The fourth-order valence-corrected chi connectivity index (χ4v) is 7.69. The molecule has 7 rings (SSSR count). The number of Topliss-reactive ketones (excluding diaryl/α,β-unsaturated/α-hetero) is 1. The van der Waals surface area contributed by atoms with E-state index >= 15 is 0 Å². The first-order chi connectivity index (χ1) is 21.7. The highest BCUT2D eigenvalue weighted by Crippen LogP contribution is 2.53. The number of anilines is 1. The number of hydrogen-bond donors (Lipinski definition) is 0. The fourth-order valence-electron chi connectivity index (χ4n) is 7.02. The average Bonchev–Trinajstić information content (AvgIpc) is 3.75. The number of carbonyl (C=O) groups excluding carboxylic acids is 4. The minimum absolute atomic E-state index is 0.131. The summed E-state index contributed by atoms with van der Waals surface area (Å²) in [7, 11) is 0. The third-order valence-corrected chi connectivity index (χ3v) is 10.6. The van der Waals surface area contributed by atoms with Gasteiger partial charge in [-0.2, -0.15) is 0 Å². The second kappa shape index (κ2) is 11.3. The predicted octanol–water partition coefficient (Wildman–Crippen LogP) is 7.76. The number of rotatable bonds is 7. The van der Waals surface area contributed by atoms with Crippen molar-refractivity contribution in [3.8, 4) is 11.3 Å². The molecule has 7 nitrogen and oxygen atoms in total. The van der Waals surface area contributed by atoms with Gasteiger partial charge in [-0.1, -0.05) is 73.1 Å². The third kappa shape index (κ3) is 4.82. The first kappa shape index (κ1) is 29.6. The molecule has 226 valence electrons. The molecule has 3 aliphatic rings. The van der Waals surface area contributed by atoms with Gasteiger partial charge < -0.3 is 4.74 Å². The van der Waals surface area contributed by atoms with Gasteiger partial charge in [0.05, 0.1) is 39.3 Å². The summed E-state index contributed by atoms with van der Waals surface area (Å²) in [5.41, 5.74) is 3.54. The van der Waals surface area contributed by atoms with E-state index in [0.717, 1.165) is 6.42 Å². The standard InChI is InChI=1S/C36H28BrClN2O5/c1-3-28(33(41)20-7-5-4-6-8-20)45-36(44)25-17-27(39-32-18(2)31(38)26(37)16-24(25)32)19-11-13-23(14-12-19)40-34(42)29-21-9-10-22(15-21)30(29)35(40)43/h4-14,16-17,21-22,28-30H,3,15H2,1-2H3. The van der Waals surface area contributed by atoms with Crippen LogP contribution in [0.3, 0.4) is 0 Å². The number of fused-ring (bicyclic) bond motifs is 6. The van der Waals surface area contributed by atoms with Crippen LogP contribution in [-0.2, 0) is 14.3 Å². The molecule has 2 heterocycles. The summed E-state index contributed by atoms with van der Waals surface area (Å²) < 4.78 is 6.43. The Kier molecular flexibility index (Phi) is 7.45. The maximum absolute atomic E-state index is 13.8. The molecule has 9 heteroatoms. The molecule has 1 aromatic heterocycles. The summed E-state index contributed by atoms with van der Waals surface area (Å²) in [6.45, 7) is 3.61.